The number of fused-ring (bicyclic) bond motifs is 1. The Morgan fingerprint density at radius 3 is 2.67 bits per heavy atom. The van der Waals surface area contributed by atoms with Crippen molar-refractivity contribution in [3.05, 3.63) is 22.9 Å². The first kappa shape index (κ1) is 15.6. The maximum absolute atomic E-state index is 12.3. The van der Waals surface area contributed by atoms with E-state index in [1.54, 1.807) is 6.07 Å². The Morgan fingerprint density at radius 2 is 2.05 bits per heavy atom. The maximum Gasteiger partial charge on any atom is 0.390 e. The van der Waals surface area contributed by atoms with Gasteiger partial charge in [0, 0.05) is 19.3 Å². The Balaban J connectivity index is 2.30. The highest BCUT2D eigenvalue weighted by Gasteiger charge is 2.28. The quantitative estimate of drug-likeness (QED) is 0.929. The van der Waals surface area contributed by atoms with E-state index in [1.807, 2.05) is 0 Å². The largest absolute Gasteiger partial charge is 0.478 e. The zero-order chi connectivity index (χ0) is 15.6. The van der Waals surface area contributed by atoms with Crippen LogP contribution in [0.15, 0.2) is 6.07 Å². The predicted octanol–water partition coefficient (Wildman–Crippen LogP) is 3.05. The number of halogens is 3. The lowest BCUT2D eigenvalue weighted by atomic mass is 9.94. The normalized spacial score (nSPS) is 14.7. The fourth-order valence-electron chi connectivity index (χ4n) is 2.47. The van der Waals surface area contributed by atoms with Gasteiger partial charge in [-0.1, -0.05) is 0 Å². The number of aromatic nitrogens is 1. The molecule has 0 spiro atoms. The first-order valence-corrected chi connectivity index (χ1v) is 6.82. The molecule has 0 amide bonds. The van der Waals surface area contributed by atoms with E-state index >= 15 is 0 Å². The van der Waals surface area contributed by atoms with E-state index in [9.17, 15) is 23.1 Å². The van der Waals surface area contributed by atoms with Gasteiger partial charge in [0.15, 0.2) is 0 Å². The van der Waals surface area contributed by atoms with E-state index in [0.717, 1.165) is 36.9 Å². The van der Waals surface area contributed by atoms with Gasteiger partial charge < -0.3 is 10.0 Å². The molecule has 0 saturated heterocycles. The maximum atomic E-state index is 12.3. The summed E-state index contributed by atoms with van der Waals surface area (Å²) in [6, 6.07) is 1.56. The number of carboxylic acid groups (broad SMARTS) is 1. The fraction of sp³-hybridized carbons (Fsp3) is 0.571. The Morgan fingerprint density at radius 1 is 1.38 bits per heavy atom. The molecule has 0 aromatic carbocycles. The summed E-state index contributed by atoms with van der Waals surface area (Å²) in [5.74, 6) is -1.04. The third-order valence-corrected chi connectivity index (χ3v) is 3.60. The minimum Gasteiger partial charge on any atom is -0.478 e. The number of aromatic carboxylic acids is 1. The van der Waals surface area contributed by atoms with Crippen LogP contribution in [0.25, 0.3) is 0 Å². The van der Waals surface area contributed by atoms with Crippen molar-refractivity contribution in [2.75, 3.05) is 18.5 Å². The minimum atomic E-state index is -4.27. The second kappa shape index (κ2) is 5.91. The summed E-state index contributed by atoms with van der Waals surface area (Å²) in [7, 11) is 1.44. The first-order chi connectivity index (χ1) is 9.78. The van der Waals surface area contributed by atoms with Gasteiger partial charge in [0.1, 0.15) is 11.4 Å². The van der Waals surface area contributed by atoms with Crippen molar-refractivity contribution >= 4 is 11.8 Å². The number of alkyl halides is 3. The summed E-state index contributed by atoms with van der Waals surface area (Å²) in [5.41, 5.74) is 1.67. The van der Waals surface area contributed by atoms with Crippen LogP contribution in [0, 0.1) is 0 Å². The lowest BCUT2D eigenvalue weighted by Gasteiger charge is -2.24. The molecule has 1 aliphatic rings. The molecule has 4 nitrogen and oxygen atoms in total. The van der Waals surface area contributed by atoms with Gasteiger partial charge >= 0.3 is 12.1 Å². The molecule has 0 fully saturated rings. The summed E-state index contributed by atoms with van der Waals surface area (Å²) in [5, 5.41) is 9.26. The molecular weight excluding hydrogens is 285 g/mol. The van der Waals surface area contributed by atoms with Gasteiger partial charge in [-0.3, -0.25) is 0 Å². The number of carboxylic acids is 1. The summed E-state index contributed by atoms with van der Waals surface area (Å²) in [6.45, 7) is -0.310. The zero-order valence-electron chi connectivity index (χ0n) is 11.7. The molecule has 1 aromatic heterocycles. The third kappa shape index (κ3) is 3.86. The highest BCUT2D eigenvalue weighted by molar-refractivity contribution is 5.93. The van der Waals surface area contributed by atoms with Crippen molar-refractivity contribution in [2.45, 2.75) is 38.3 Å². The molecule has 0 unspecified atom stereocenters. The average Bonchev–Trinajstić information content (AvgIpc) is 2.42. The molecule has 0 radical (unpaired) electrons. The molecule has 7 heteroatoms. The first-order valence-electron chi connectivity index (χ1n) is 6.82. The van der Waals surface area contributed by atoms with Crippen LogP contribution < -0.4 is 4.90 Å². The number of hydrogen-bond donors (Lipinski definition) is 1. The number of anilines is 1. The zero-order valence-corrected chi connectivity index (χ0v) is 11.7. The average molecular weight is 302 g/mol. The molecule has 1 heterocycles. The van der Waals surface area contributed by atoms with Crippen LogP contribution in [-0.2, 0) is 12.8 Å². The van der Waals surface area contributed by atoms with E-state index in [-0.39, 0.29) is 17.9 Å². The number of carbonyl (C=O) groups is 1. The van der Waals surface area contributed by atoms with Crippen molar-refractivity contribution in [3.63, 3.8) is 0 Å². The van der Waals surface area contributed by atoms with Crippen LogP contribution in [0.3, 0.4) is 0 Å². The van der Waals surface area contributed by atoms with Gasteiger partial charge in [-0.2, -0.15) is 13.2 Å². The summed E-state index contributed by atoms with van der Waals surface area (Å²) >= 11 is 0. The second-order valence-corrected chi connectivity index (χ2v) is 5.26. The van der Waals surface area contributed by atoms with Crippen LogP contribution >= 0.6 is 0 Å². The van der Waals surface area contributed by atoms with Crippen molar-refractivity contribution in [1.29, 1.82) is 0 Å². The van der Waals surface area contributed by atoms with Crippen molar-refractivity contribution < 1.29 is 23.1 Å². The third-order valence-electron chi connectivity index (χ3n) is 3.60. The molecule has 0 aliphatic heterocycles. The number of nitrogens with zero attached hydrogens (tertiary/aromatic N) is 2. The van der Waals surface area contributed by atoms with E-state index in [4.69, 9.17) is 0 Å². The highest BCUT2D eigenvalue weighted by Crippen LogP contribution is 2.27. The Hall–Kier alpha value is -1.79. The van der Waals surface area contributed by atoms with Crippen molar-refractivity contribution in [3.8, 4) is 0 Å². The van der Waals surface area contributed by atoms with Crippen LogP contribution in [0.1, 0.15) is 40.9 Å². The van der Waals surface area contributed by atoms with Gasteiger partial charge in [0.2, 0.25) is 0 Å². The summed E-state index contributed by atoms with van der Waals surface area (Å²) in [4.78, 5) is 16.9. The van der Waals surface area contributed by atoms with E-state index in [0.29, 0.717) is 0 Å². The van der Waals surface area contributed by atoms with Crippen molar-refractivity contribution in [1.82, 2.24) is 4.98 Å². The van der Waals surface area contributed by atoms with Gasteiger partial charge in [0.05, 0.1) is 6.42 Å². The Bertz CT molecular complexity index is 544. The topological polar surface area (TPSA) is 53.4 Å². The monoisotopic (exact) mass is 302 g/mol. The molecule has 0 saturated carbocycles. The lowest BCUT2D eigenvalue weighted by molar-refractivity contribution is -0.132. The summed E-state index contributed by atoms with van der Waals surface area (Å²) < 4.78 is 36.9. The van der Waals surface area contributed by atoms with E-state index in [2.05, 4.69) is 4.98 Å². The lowest BCUT2D eigenvalue weighted by Crippen LogP contribution is -2.27. The SMILES string of the molecule is CN(CCC(F)(F)F)c1nc2c(cc1C(=O)O)CCCC2. The van der Waals surface area contributed by atoms with Crippen LogP contribution in [-0.4, -0.2) is 35.8 Å². The molecule has 21 heavy (non-hydrogen) atoms. The number of hydrogen-bond acceptors (Lipinski definition) is 3. The molecule has 1 aliphatic carbocycles. The molecule has 0 atom stereocenters. The smallest absolute Gasteiger partial charge is 0.390 e. The Kier molecular flexibility index (Phi) is 4.39. The fourth-order valence-corrected chi connectivity index (χ4v) is 2.47. The Labute approximate surface area is 120 Å². The van der Waals surface area contributed by atoms with Gasteiger partial charge in [-0.25, -0.2) is 9.78 Å². The molecule has 1 aromatic rings. The van der Waals surface area contributed by atoms with Gasteiger partial charge in [-0.15, -0.1) is 0 Å². The predicted molar refractivity (Wildman–Crippen MR) is 71.8 cm³/mol. The molecule has 0 bridgehead atoms. The van der Waals surface area contributed by atoms with Crippen LogP contribution in [0.4, 0.5) is 19.0 Å². The molecular formula is C14H17F3N2O2. The van der Waals surface area contributed by atoms with Gasteiger partial charge in [-0.05, 0) is 37.3 Å². The highest BCUT2D eigenvalue weighted by atomic mass is 19.4. The summed E-state index contributed by atoms with van der Waals surface area (Å²) in [6.07, 6.45) is -1.80. The van der Waals surface area contributed by atoms with Crippen molar-refractivity contribution in [2.24, 2.45) is 0 Å². The number of aryl methyl sites for hydroxylation is 2. The molecule has 116 valence electrons. The number of rotatable bonds is 4. The molecule has 1 N–H and O–H groups in total. The second-order valence-electron chi connectivity index (χ2n) is 5.26. The number of pyridine rings is 1. The van der Waals surface area contributed by atoms with Crippen LogP contribution in [0.2, 0.25) is 0 Å². The van der Waals surface area contributed by atoms with Crippen LogP contribution in [0.5, 0.6) is 0 Å². The van der Waals surface area contributed by atoms with E-state index in [1.165, 1.54) is 11.9 Å². The minimum absolute atomic E-state index is 0.0275. The van der Waals surface area contributed by atoms with Gasteiger partial charge in [0.25, 0.3) is 0 Å². The molecule has 2 rings (SSSR count). The van der Waals surface area contributed by atoms with E-state index < -0.39 is 18.6 Å². The standard InChI is InChI=1S/C14H17F3N2O2/c1-19(7-6-14(15,16)17)12-10(13(20)21)8-9-4-2-3-5-11(9)18-12/h8H,2-7H2,1H3,(H,20,21).